The summed E-state index contributed by atoms with van der Waals surface area (Å²) >= 11 is 1.99. The first-order valence-corrected chi connectivity index (χ1v) is 8.27. The number of hydrogen-bond donors (Lipinski definition) is 0. The number of nitrogens with zero attached hydrogens (tertiary/aromatic N) is 2. The lowest BCUT2D eigenvalue weighted by Crippen LogP contribution is -2.33. The summed E-state index contributed by atoms with van der Waals surface area (Å²) in [5.74, 6) is 0. The summed E-state index contributed by atoms with van der Waals surface area (Å²) in [6, 6.07) is 8.92. The molecule has 0 N–H and O–H groups in total. The molecule has 106 valence electrons. The minimum absolute atomic E-state index is 1.25. The molecule has 2 nitrogen and oxygen atoms in total. The van der Waals surface area contributed by atoms with Crippen molar-refractivity contribution in [2.24, 2.45) is 7.05 Å². The highest BCUT2D eigenvalue weighted by molar-refractivity contribution is 7.14. The zero-order chi connectivity index (χ0) is 14.1. The molecule has 20 heavy (non-hydrogen) atoms. The van der Waals surface area contributed by atoms with Crippen LogP contribution in [-0.4, -0.2) is 14.1 Å². The van der Waals surface area contributed by atoms with Crippen molar-refractivity contribution in [1.82, 2.24) is 0 Å². The molecule has 0 unspecified atom stereocenters. The number of thiazole rings is 1. The van der Waals surface area contributed by atoms with Gasteiger partial charge >= 0.3 is 0 Å². The summed E-state index contributed by atoms with van der Waals surface area (Å²) in [7, 11) is 6.40. The van der Waals surface area contributed by atoms with Crippen LogP contribution in [0, 0.1) is 0 Å². The summed E-state index contributed by atoms with van der Waals surface area (Å²) in [5, 5.41) is 1.40. The average Bonchev–Trinajstić information content (AvgIpc) is 2.64. The van der Waals surface area contributed by atoms with E-state index in [9.17, 15) is 0 Å². The van der Waals surface area contributed by atoms with E-state index in [4.69, 9.17) is 0 Å². The number of benzene rings is 1. The molecule has 1 aromatic heterocycles. The molecule has 0 amide bonds. The fraction of sp³-hybridized carbons (Fsp3) is 0.471. The molecule has 0 atom stereocenters. The first-order chi connectivity index (χ1) is 9.66. The Balaban J connectivity index is 1.98. The first kappa shape index (κ1) is 13.6. The predicted molar refractivity (Wildman–Crippen MR) is 86.5 cm³/mol. The summed E-state index contributed by atoms with van der Waals surface area (Å²) < 4.78 is 2.43. The van der Waals surface area contributed by atoms with Crippen LogP contribution in [0.25, 0.3) is 10.6 Å². The highest BCUT2D eigenvalue weighted by Gasteiger charge is 2.25. The van der Waals surface area contributed by atoms with Crippen molar-refractivity contribution >= 4 is 17.0 Å². The highest BCUT2D eigenvalue weighted by atomic mass is 32.1. The zero-order valence-corrected chi connectivity index (χ0v) is 13.5. The summed E-state index contributed by atoms with van der Waals surface area (Å²) in [6.45, 7) is 0. The topological polar surface area (TPSA) is 7.12 Å². The Bertz CT molecular complexity index is 596. The van der Waals surface area contributed by atoms with Gasteiger partial charge in [0.25, 0.3) is 5.01 Å². The summed E-state index contributed by atoms with van der Waals surface area (Å²) in [6.07, 6.45) is 6.60. The molecule has 0 saturated carbocycles. The lowest BCUT2D eigenvalue weighted by Gasteiger charge is -2.11. The van der Waals surface area contributed by atoms with Crippen LogP contribution in [0.2, 0.25) is 0 Å². The third kappa shape index (κ3) is 2.47. The van der Waals surface area contributed by atoms with Crippen molar-refractivity contribution in [2.45, 2.75) is 32.1 Å². The van der Waals surface area contributed by atoms with E-state index in [1.165, 1.54) is 48.4 Å². The van der Waals surface area contributed by atoms with Gasteiger partial charge in [-0.25, -0.2) is 0 Å². The minimum atomic E-state index is 1.25. The molecule has 1 heterocycles. The standard InChI is InChI=1S/C17H23N2S/c1-18(2)14-11-9-13(10-12-14)17-19(3)15-7-5-4-6-8-16(15)20-17/h9-12H,4-8H2,1-3H3/q+1. The predicted octanol–water partition coefficient (Wildman–Crippen LogP) is 3.57. The maximum atomic E-state index is 2.43. The largest absolute Gasteiger partial charge is 0.378 e. The van der Waals surface area contributed by atoms with E-state index >= 15 is 0 Å². The van der Waals surface area contributed by atoms with E-state index in [0.717, 1.165) is 0 Å². The van der Waals surface area contributed by atoms with Crippen molar-refractivity contribution in [3.63, 3.8) is 0 Å². The molecule has 0 bridgehead atoms. The van der Waals surface area contributed by atoms with Crippen LogP contribution in [0.5, 0.6) is 0 Å². The molecule has 1 aromatic carbocycles. The second-order valence-corrected chi connectivity index (χ2v) is 6.92. The van der Waals surface area contributed by atoms with Crippen molar-refractivity contribution in [3.05, 3.63) is 34.8 Å². The first-order valence-electron chi connectivity index (χ1n) is 7.45. The maximum Gasteiger partial charge on any atom is 0.269 e. The Morgan fingerprint density at radius 3 is 2.40 bits per heavy atom. The van der Waals surface area contributed by atoms with Crippen LogP contribution in [0.4, 0.5) is 5.69 Å². The van der Waals surface area contributed by atoms with Gasteiger partial charge in [0.1, 0.15) is 7.05 Å². The molecule has 0 saturated heterocycles. The fourth-order valence-electron chi connectivity index (χ4n) is 2.97. The molecule has 2 aromatic rings. The Morgan fingerprint density at radius 2 is 1.70 bits per heavy atom. The van der Waals surface area contributed by atoms with E-state index in [1.54, 1.807) is 10.6 Å². The normalized spacial score (nSPS) is 14.8. The summed E-state index contributed by atoms with van der Waals surface area (Å²) in [5.41, 5.74) is 4.17. The number of rotatable bonds is 2. The lowest BCUT2D eigenvalue weighted by atomic mass is 10.2. The van der Waals surface area contributed by atoms with Crippen molar-refractivity contribution in [2.75, 3.05) is 19.0 Å². The van der Waals surface area contributed by atoms with Gasteiger partial charge in [-0.1, -0.05) is 17.8 Å². The fourth-order valence-corrected chi connectivity index (χ4v) is 4.30. The van der Waals surface area contributed by atoms with E-state index in [2.05, 4.69) is 54.9 Å². The second-order valence-electron chi connectivity index (χ2n) is 5.84. The molecule has 0 radical (unpaired) electrons. The maximum absolute atomic E-state index is 2.43. The van der Waals surface area contributed by atoms with Crippen LogP contribution in [0.1, 0.15) is 29.8 Å². The Hall–Kier alpha value is -1.35. The molecule has 3 rings (SSSR count). The average molecular weight is 287 g/mol. The third-order valence-corrected chi connectivity index (χ3v) is 5.59. The molecule has 0 aliphatic heterocycles. The van der Waals surface area contributed by atoms with Crippen molar-refractivity contribution in [1.29, 1.82) is 0 Å². The number of aromatic nitrogens is 1. The molecule has 3 heteroatoms. The molecule has 0 spiro atoms. The third-order valence-electron chi connectivity index (χ3n) is 4.20. The molecule has 1 aliphatic carbocycles. The van der Waals surface area contributed by atoms with Gasteiger partial charge in [-0.05, 0) is 43.5 Å². The van der Waals surface area contributed by atoms with Gasteiger partial charge in [0.2, 0.25) is 0 Å². The van der Waals surface area contributed by atoms with Crippen molar-refractivity contribution in [3.8, 4) is 10.6 Å². The number of hydrogen-bond acceptors (Lipinski definition) is 2. The molecule has 0 fully saturated rings. The molecular formula is C17H23N2S+. The molecular weight excluding hydrogens is 264 g/mol. The summed E-state index contributed by atoms with van der Waals surface area (Å²) in [4.78, 5) is 3.75. The Labute approximate surface area is 125 Å². The van der Waals surface area contributed by atoms with Gasteiger partial charge in [0.15, 0.2) is 5.69 Å². The number of anilines is 1. The smallest absolute Gasteiger partial charge is 0.269 e. The van der Waals surface area contributed by atoms with Gasteiger partial charge in [-0.2, -0.15) is 4.57 Å². The van der Waals surface area contributed by atoms with Crippen LogP contribution in [-0.2, 0) is 19.9 Å². The quantitative estimate of drug-likeness (QED) is 0.605. The Kier molecular flexibility index (Phi) is 3.79. The van der Waals surface area contributed by atoms with Crippen LogP contribution < -0.4 is 9.47 Å². The highest BCUT2D eigenvalue weighted by Crippen LogP contribution is 2.31. The van der Waals surface area contributed by atoms with Gasteiger partial charge in [0, 0.05) is 26.2 Å². The minimum Gasteiger partial charge on any atom is -0.378 e. The zero-order valence-electron chi connectivity index (χ0n) is 12.6. The van der Waals surface area contributed by atoms with Crippen molar-refractivity contribution < 1.29 is 4.57 Å². The van der Waals surface area contributed by atoms with Crippen LogP contribution >= 0.6 is 11.3 Å². The second kappa shape index (κ2) is 5.57. The van der Waals surface area contributed by atoms with E-state index < -0.39 is 0 Å². The number of aryl methyl sites for hydroxylation is 1. The van der Waals surface area contributed by atoms with E-state index in [1.807, 2.05) is 11.3 Å². The molecule has 1 aliphatic rings. The number of fused-ring (bicyclic) bond motifs is 1. The van der Waals surface area contributed by atoms with Crippen LogP contribution in [0.3, 0.4) is 0 Å². The lowest BCUT2D eigenvalue weighted by molar-refractivity contribution is -0.664. The van der Waals surface area contributed by atoms with E-state index in [0.29, 0.717) is 0 Å². The SMILES string of the molecule is CN(C)c1ccc(-c2sc3c([n+]2C)CCCCC3)cc1. The van der Waals surface area contributed by atoms with Gasteiger partial charge < -0.3 is 4.90 Å². The van der Waals surface area contributed by atoms with Gasteiger partial charge in [0.05, 0.1) is 10.4 Å². The van der Waals surface area contributed by atoms with Gasteiger partial charge in [-0.15, -0.1) is 0 Å². The monoisotopic (exact) mass is 287 g/mol. The van der Waals surface area contributed by atoms with Crippen LogP contribution in [0.15, 0.2) is 24.3 Å². The Morgan fingerprint density at radius 1 is 1.00 bits per heavy atom. The van der Waals surface area contributed by atoms with Gasteiger partial charge in [-0.3, -0.25) is 0 Å². The van der Waals surface area contributed by atoms with E-state index in [-0.39, 0.29) is 0 Å².